The van der Waals surface area contributed by atoms with E-state index in [2.05, 4.69) is 25.3 Å². The lowest BCUT2D eigenvalue weighted by Gasteiger charge is -2.11. The van der Waals surface area contributed by atoms with Crippen LogP contribution in [0.3, 0.4) is 0 Å². The monoisotopic (exact) mass is 356 g/mol. The van der Waals surface area contributed by atoms with E-state index in [0.717, 1.165) is 19.4 Å². The maximum absolute atomic E-state index is 12.4. The van der Waals surface area contributed by atoms with Gasteiger partial charge in [0.25, 0.3) is 5.91 Å². The van der Waals surface area contributed by atoms with Gasteiger partial charge in [0.2, 0.25) is 5.95 Å². The van der Waals surface area contributed by atoms with Crippen molar-refractivity contribution in [3.8, 4) is 0 Å². The number of benzene rings is 1. The largest absolute Gasteiger partial charge is 0.465 e. The summed E-state index contributed by atoms with van der Waals surface area (Å²) in [4.78, 5) is 32.1. The predicted molar refractivity (Wildman–Crippen MR) is 95.2 cm³/mol. The van der Waals surface area contributed by atoms with E-state index in [0.29, 0.717) is 23.7 Å². The fourth-order valence-corrected chi connectivity index (χ4v) is 2.58. The summed E-state index contributed by atoms with van der Waals surface area (Å²) < 4.78 is 10.2. The number of ether oxygens (including phenoxy) is 2. The second-order valence-corrected chi connectivity index (χ2v) is 5.80. The van der Waals surface area contributed by atoms with E-state index in [1.165, 1.54) is 19.4 Å². The molecule has 8 nitrogen and oxygen atoms in total. The van der Waals surface area contributed by atoms with Crippen LogP contribution in [0.25, 0.3) is 0 Å². The first-order chi connectivity index (χ1) is 12.7. The Bertz CT molecular complexity index is 773. The molecule has 1 aliphatic rings. The highest BCUT2D eigenvalue weighted by atomic mass is 16.5. The zero-order chi connectivity index (χ0) is 18.4. The van der Waals surface area contributed by atoms with Crippen LogP contribution >= 0.6 is 0 Å². The van der Waals surface area contributed by atoms with Crippen LogP contribution in [0.2, 0.25) is 0 Å². The predicted octanol–water partition coefficient (Wildman–Crippen LogP) is 2.11. The van der Waals surface area contributed by atoms with Crippen molar-refractivity contribution in [2.24, 2.45) is 0 Å². The number of carbonyl (C=O) groups is 2. The molecule has 1 aromatic heterocycles. The van der Waals surface area contributed by atoms with Gasteiger partial charge in [-0.3, -0.25) is 4.79 Å². The van der Waals surface area contributed by atoms with E-state index in [1.54, 1.807) is 24.3 Å². The fraction of sp³-hybridized carbons (Fsp3) is 0.333. The van der Waals surface area contributed by atoms with Crippen LogP contribution < -0.4 is 10.6 Å². The number of rotatable bonds is 6. The maximum Gasteiger partial charge on any atom is 0.337 e. The molecule has 3 rings (SSSR count). The zero-order valence-electron chi connectivity index (χ0n) is 14.4. The van der Waals surface area contributed by atoms with Crippen LogP contribution in [0.4, 0.5) is 11.6 Å². The summed E-state index contributed by atoms with van der Waals surface area (Å²) in [5, 5.41) is 5.83. The van der Waals surface area contributed by atoms with Gasteiger partial charge >= 0.3 is 5.97 Å². The highest BCUT2D eigenvalue weighted by Crippen LogP contribution is 2.14. The van der Waals surface area contributed by atoms with Gasteiger partial charge in [-0.1, -0.05) is 0 Å². The molecule has 2 heterocycles. The molecule has 26 heavy (non-hydrogen) atoms. The van der Waals surface area contributed by atoms with Gasteiger partial charge in [0.15, 0.2) is 0 Å². The van der Waals surface area contributed by atoms with E-state index in [1.807, 2.05) is 0 Å². The maximum atomic E-state index is 12.4. The molecule has 0 aliphatic carbocycles. The van der Waals surface area contributed by atoms with Gasteiger partial charge in [0.05, 0.1) is 18.8 Å². The molecular weight excluding hydrogens is 336 g/mol. The van der Waals surface area contributed by atoms with Gasteiger partial charge < -0.3 is 20.1 Å². The zero-order valence-corrected chi connectivity index (χ0v) is 14.4. The molecule has 1 fully saturated rings. The molecule has 0 radical (unpaired) electrons. The van der Waals surface area contributed by atoms with Crippen LogP contribution in [0, 0.1) is 0 Å². The molecule has 0 saturated carbocycles. The lowest BCUT2D eigenvalue weighted by molar-refractivity contribution is 0.0600. The van der Waals surface area contributed by atoms with Crippen LogP contribution in [-0.2, 0) is 9.47 Å². The Morgan fingerprint density at radius 3 is 2.77 bits per heavy atom. The molecule has 1 saturated heterocycles. The van der Waals surface area contributed by atoms with E-state index >= 15 is 0 Å². The molecule has 8 heteroatoms. The van der Waals surface area contributed by atoms with Gasteiger partial charge in [-0.25, -0.2) is 14.8 Å². The Balaban J connectivity index is 1.60. The average molecular weight is 356 g/mol. The number of nitrogens with one attached hydrogen (secondary N) is 2. The molecule has 1 atom stereocenters. The summed E-state index contributed by atoms with van der Waals surface area (Å²) in [5.74, 6) is -0.409. The Hall–Kier alpha value is -3.00. The molecule has 1 amide bonds. The summed E-state index contributed by atoms with van der Waals surface area (Å²) in [7, 11) is 1.32. The smallest absolute Gasteiger partial charge is 0.337 e. The number of hydrogen-bond donors (Lipinski definition) is 2. The van der Waals surface area contributed by atoms with Crippen molar-refractivity contribution in [1.29, 1.82) is 0 Å². The average Bonchev–Trinajstić information content (AvgIpc) is 3.20. The SMILES string of the molecule is COC(=O)c1ccc(NC(=O)c2ccnc(NCC3CCCO3)n2)cc1. The third kappa shape index (κ3) is 4.54. The van der Waals surface area contributed by atoms with Crippen LogP contribution in [0.15, 0.2) is 36.5 Å². The minimum atomic E-state index is -0.430. The third-order valence-corrected chi connectivity index (χ3v) is 3.96. The van der Waals surface area contributed by atoms with Crippen molar-refractivity contribution in [2.45, 2.75) is 18.9 Å². The molecule has 2 aromatic rings. The Kier molecular flexibility index (Phi) is 5.75. The first kappa shape index (κ1) is 17.8. The third-order valence-electron chi connectivity index (χ3n) is 3.96. The minimum absolute atomic E-state index is 0.157. The normalized spacial score (nSPS) is 16.1. The van der Waals surface area contributed by atoms with Gasteiger partial charge in [-0.2, -0.15) is 0 Å². The fourth-order valence-electron chi connectivity index (χ4n) is 2.58. The van der Waals surface area contributed by atoms with Gasteiger partial charge in [0, 0.05) is 25.0 Å². The highest BCUT2D eigenvalue weighted by molar-refractivity contribution is 6.03. The number of carbonyl (C=O) groups excluding carboxylic acids is 2. The Morgan fingerprint density at radius 2 is 2.08 bits per heavy atom. The number of methoxy groups -OCH3 is 1. The standard InChI is InChI=1S/C18H20N4O4/c1-25-17(24)12-4-6-13(7-5-12)21-16(23)15-8-9-19-18(22-15)20-11-14-3-2-10-26-14/h4-9,14H,2-3,10-11H2,1H3,(H,21,23)(H,19,20,22). The second kappa shape index (κ2) is 8.39. The number of anilines is 2. The van der Waals surface area contributed by atoms with Crippen molar-refractivity contribution in [3.63, 3.8) is 0 Å². The van der Waals surface area contributed by atoms with Gasteiger partial charge in [0.1, 0.15) is 5.69 Å². The second-order valence-electron chi connectivity index (χ2n) is 5.80. The van der Waals surface area contributed by atoms with E-state index in [4.69, 9.17) is 4.74 Å². The van der Waals surface area contributed by atoms with Gasteiger partial charge in [-0.05, 0) is 43.2 Å². The molecule has 1 unspecified atom stereocenters. The lowest BCUT2D eigenvalue weighted by atomic mass is 10.2. The summed E-state index contributed by atoms with van der Waals surface area (Å²) in [6, 6.07) is 7.95. The Morgan fingerprint density at radius 1 is 1.27 bits per heavy atom. The highest BCUT2D eigenvalue weighted by Gasteiger charge is 2.16. The summed E-state index contributed by atoms with van der Waals surface area (Å²) >= 11 is 0. The van der Waals surface area contributed by atoms with Crippen molar-refractivity contribution in [2.75, 3.05) is 30.9 Å². The Labute approximate surface area is 150 Å². The van der Waals surface area contributed by atoms with Crippen molar-refractivity contribution >= 4 is 23.5 Å². The first-order valence-corrected chi connectivity index (χ1v) is 8.34. The van der Waals surface area contributed by atoms with Crippen LogP contribution in [0.5, 0.6) is 0 Å². The molecule has 1 aliphatic heterocycles. The molecule has 0 bridgehead atoms. The summed E-state index contributed by atoms with van der Waals surface area (Å²) in [6.45, 7) is 1.39. The molecule has 136 valence electrons. The number of hydrogen-bond acceptors (Lipinski definition) is 7. The van der Waals surface area contributed by atoms with Crippen molar-refractivity contribution in [3.05, 3.63) is 47.8 Å². The van der Waals surface area contributed by atoms with E-state index in [9.17, 15) is 9.59 Å². The molecule has 1 aromatic carbocycles. The number of nitrogens with zero attached hydrogens (tertiary/aromatic N) is 2. The number of aromatic nitrogens is 2. The first-order valence-electron chi connectivity index (χ1n) is 8.34. The van der Waals surface area contributed by atoms with Crippen LogP contribution in [0.1, 0.15) is 33.7 Å². The van der Waals surface area contributed by atoms with Crippen molar-refractivity contribution in [1.82, 2.24) is 9.97 Å². The summed E-state index contributed by atoms with van der Waals surface area (Å²) in [5.41, 5.74) is 1.20. The number of amides is 1. The number of esters is 1. The van der Waals surface area contributed by atoms with E-state index < -0.39 is 5.97 Å². The lowest BCUT2D eigenvalue weighted by Crippen LogP contribution is -2.21. The van der Waals surface area contributed by atoms with Crippen LogP contribution in [-0.4, -0.2) is 48.2 Å². The summed E-state index contributed by atoms with van der Waals surface area (Å²) in [6.07, 6.45) is 3.75. The van der Waals surface area contributed by atoms with Crippen molar-refractivity contribution < 1.29 is 19.1 Å². The van der Waals surface area contributed by atoms with Gasteiger partial charge in [-0.15, -0.1) is 0 Å². The van der Waals surface area contributed by atoms with E-state index in [-0.39, 0.29) is 17.7 Å². The molecular formula is C18H20N4O4. The molecule has 0 spiro atoms. The molecule has 2 N–H and O–H groups in total. The topological polar surface area (TPSA) is 102 Å². The quantitative estimate of drug-likeness (QED) is 0.764. The minimum Gasteiger partial charge on any atom is -0.465 e.